The van der Waals surface area contributed by atoms with Crippen LogP contribution in [-0.4, -0.2) is 85.7 Å². The number of benzene rings is 8. The first-order valence-corrected chi connectivity index (χ1v) is 36.5. The van der Waals surface area contributed by atoms with Crippen molar-refractivity contribution in [2.24, 2.45) is 23.7 Å². The Bertz CT molecular complexity index is 3810. The van der Waals surface area contributed by atoms with E-state index in [0.29, 0.717) is 120 Å². The molecule has 4 saturated carbocycles. The van der Waals surface area contributed by atoms with Crippen molar-refractivity contribution in [2.45, 2.75) is 204 Å². The molecule has 0 spiro atoms. The number of phenols is 12. The zero-order chi connectivity index (χ0) is 70.2. The Balaban J connectivity index is 1.19. The van der Waals surface area contributed by atoms with Crippen LogP contribution in [0.15, 0.2) is 121 Å². The van der Waals surface area contributed by atoms with Crippen LogP contribution in [-0.2, 0) is 0 Å². The molecule has 8 aromatic rings. The second-order valence-corrected chi connectivity index (χ2v) is 29.2. The summed E-state index contributed by atoms with van der Waals surface area (Å²) in [5, 5.41) is 145. The van der Waals surface area contributed by atoms with Crippen LogP contribution in [0, 0.1) is 23.7 Å². The third-order valence-electron chi connectivity index (χ3n) is 23.1. The van der Waals surface area contributed by atoms with Crippen molar-refractivity contribution in [1.82, 2.24) is 0 Å². The zero-order valence-corrected chi connectivity index (χ0v) is 57.6. The summed E-state index contributed by atoms with van der Waals surface area (Å²) < 4.78 is 29.1. The molecule has 8 bridgehead atoms. The van der Waals surface area contributed by atoms with Crippen LogP contribution in [0.1, 0.15) is 247 Å². The maximum absolute atomic E-state index is 13.3. The van der Waals surface area contributed by atoms with Gasteiger partial charge in [-0.3, -0.25) is 0 Å². The van der Waals surface area contributed by atoms with Gasteiger partial charge in [-0.05, 0) is 221 Å². The van der Waals surface area contributed by atoms with Crippen molar-refractivity contribution < 1.29 is 80.2 Å². The molecule has 528 valence electrons. The van der Waals surface area contributed by atoms with Gasteiger partial charge in [-0.25, -0.2) is 0 Å². The van der Waals surface area contributed by atoms with Gasteiger partial charge in [0.1, 0.15) is 46.0 Å². The molecule has 16 nitrogen and oxygen atoms in total. The van der Waals surface area contributed by atoms with Crippen LogP contribution in [0.5, 0.6) is 92.0 Å². The van der Waals surface area contributed by atoms with Crippen LogP contribution >= 0.6 is 0 Å². The van der Waals surface area contributed by atoms with E-state index >= 15 is 0 Å². The first-order valence-electron chi connectivity index (χ1n) is 36.5. The third kappa shape index (κ3) is 14.2. The SMILES string of the molecule is CCC1CCC(Oc2cc(O)c3cc2C(c2ccc(O)c(O)c2)c2cc(c(O)cc2OC2CCC(CC)CC2)C(c2ccc(O)c(O)c2)c2cc(c(OC4CCC(CC)CC4)cc2O)C(c2ccc(O)c(O)c2)c2cc(c(O)cc2OC2CCC(CC)CC2)C3c2ccc(O)c(O)c2)CC1. The minimum Gasteiger partial charge on any atom is -0.507 e. The van der Waals surface area contributed by atoms with Crippen LogP contribution in [0.4, 0.5) is 0 Å². The van der Waals surface area contributed by atoms with Crippen LogP contribution in [0.3, 0.4) is 0 Å². The Kier molecular flexibility index (Phi) is 20.3. The molecule has 5 aliphatic carbocycles. The summed E-state index contributed by atoms with van der Waals surface area (Å²) in [6.45, 7) is 8.73. The lowest BCUT2D eigenvalue weighted by atomic mass is 9.74. The number of hydrogen-bond acceptors (Lipinski definition) is 16. The molecular formula is C84H96O16. The van der Waals surface area contributed by atoms with Crippen molar-refractivity contribution in [1.29, 1.82) is 0 Å². The summed E-state index contributed by atoms with van der Waals surface area (Å²) >= 11 is 0. The lowest BCUT2D eigenvalue weighted by Crippen LogP contribution is -2.26. The molecule has 100 heavy (non-hydrogen) atoms. The van der Waals surface area contributed by atoms with Gasteiger partial charge < -0.3 is 80.2 Å². The average molecular weight is 1360 g/mol. The molecule has 0 aliphatic heterocycles. The molecule has 0 heterocycles. The monoisotopic (exact) mass is 1360 g/mol. The molecule has 4 fully saturated rings. The molecule has 0 aromatic heterocycles. The van der Waals surface area contributed by atoms with Gasteiger partial charge in [0.05, 0.1) is 24.4 Å². The molecular weight excluding hydrogens is 1260 g/mol. The second-order valence-electron chi connectivity index (χ2n) is 29.2. The summed E-state index contributed by atoms with van der Waals surface area (Å²) in [6.07, 6.45) is 15.4. The van der Waals surface area contributed by atoms with Gasteiger partial charge >= 0.3 is 0 Å². The summed E-state index contributed by atoms with van der Waals surface area (Å²) in [7, 11) is 0. The van der Waals surface area contributed by atoms with E-state index in [9.17, 15) is 61.3 Å². The summed E-state index contributed by atoms with van der Waals surface area (Å²) in [5.74, 6) is -6.42. The molecule has 0 saturated heterocycles. The first kappa shape index (κ1) is 69.1. The average Bonchev–Trinajstić information content (AvgIpc) is 0.733. The summed E-state index contributed by atoms with van der Waals surface area (Å²) in [4.78, 5) is 0. The largest absolute Gasteiger partial charge is 0.507 e. The van der Waals surface area contributed by atoms with Gasteiger partial charge in [0, 0.05) is 92.4 Å². The summed E-state index contributed by atoms with van der Waals surface area (Å²) in [5.41, 5.74) is 3.80. The fourth-order valence-electron chi connectivity index (χ4n) is 17.0. The lowest BCUT2D eigenvalue weighted by Gasteiger charge is -2.35. The fraction of sp³-hybridized carbons (Fsp3) is 0.429. The zero-order valence-electron chi connectivity index (χ0n) is 57.6. The maximum Gasteiger partial charge on any atom is 0.157 e. The Morgan fingerprint density at radius 1 is 0.220 bits per heavy atom. The first-order chi connectivity index (χ1) is 48.3. The van der Waals surface area contributed by atoms with Gasteiger partial charge in [-0.15, -0.1) is 0 Å². The van der Waals surface area contributed by atoms with Crippen LogP contribution in [0.25, 0.3) is 0 Å². The quantitative estimate of drug-likeness (QED) is 0.0401. The molecule has 8 aromatic carbocycles. The van der Waals surface area contributed by atoms with Gasteiger partial charge in [0.2, 0.25) is 0 Å². The van der Waals surface area contributed by atoms with Gasteiger partial charge in [0.15, 0.2) is 46.0 Å². The Hall–Kier alpha value is -9.44. The molecule has 16 heteroatoms. The minimum absolute atomic E-state index is 0.185. The highest BCUT2D eigenvalue weighted by molar-refractivity contribution is 5.69. The topological polar surface area (TPSA) is 280 Å². The number of rotatable bonds is 16. The lowest BCUT2D eigenvalue weighted by molar-refractivity contribution is 0.126. The van der Waals surface area contributed by atoms with E-state index < -0.39 is 69.7 Å². The van der Waals surface area contributed by atoms with Crippen molar-refractivity contribution in [3.63, 3.8) is 0 Å². The van der Waals surface area contributed by atoms with E-state index in [1.165, 1.54) is 48.5 Å². The highest BCUT2D eigenvalue weighted by Gasteiger charge is 2.40. The van der Waals surface area contributed by atoms with Crippen molar-refractivity contribution >= 4 is 0 Å². The fourth-order valence-corrected chi connectivity index (χ4v) is 17.0. The standard InChI is InChI=1S/C84H96O16/c1-5-45-9-21-53(22-10-45)97-77-41-69(89)57-37-61(77)83(51-19-31-67(87)75(95)35-51)62-38-58(70(90)42-78(62)98-54-23-11-46(6-2)12-24-54)82(50-18-30-66(86)74(94)34-50)60-40-64(80(44-72(60)92)100-56-27-15-48(8-4)16-28-56)84(52-20-32-68(88)76(96)36-52)63-39-59(81(57)49-17-29-65(85)73(93)33-49)71(91)43-79(63)99-55-25-13-47(7-3)14-26-55/h17-20,29-48,53-56,81-96H,5-16,21-28H2,1-4H3. The van der Waals surface area contributed by atoms with Gasteiger partial charge in [-0.1, -0.05) is 77.6 Å². The van der Waals surface area contributed by atoms with E-state index in [0.717, 1.165) is 77.0 Å². The van der Waals surface area contributed by atoms with Crippen LogP contribution < -0.4 is 18.9 Å². The van der Waals surface area contributed by atoms with E-state index in [2.05, 4.69) is 27.7 Å². The molecule has 12 N–H and O–H groups in total. The van der Waals surface area contributed by atoms with Crippen molar-refractivity contribution in [2.75, 3.05) is 0 Å². The number of hydrogen-bond donors (Lipinski definition) is 12. The molecule has 0 radical (unpaired) electrons. The van der Waals surface area contributed by atoms with E-state index in [4.69, 9.17) is 18.9 Å². The minimum atomic E-state index is -1.24. The van der Waals surface area contributed by atoms with E-state index in [1.807, 2.05) is 0 Å². The molecule has 5 aliphatic rings. The smallest absolute Gasteiger partial charge is 0.157 e. The van der Waals surface area contributed by atoms with Crippen LogP contribution in [0.2, 0.25) is 0 Å². The third-order valence-corrected chi connectivity index (χ3v) is 23.1. The maximum atomic E-state index is 13.3. The predicted molar refractivity (Wildman–Crippen MR) is 382 cm³/mol. The highest BCUT2D eigenvalue weighted by Crippen LogP contribution is 2.57. The van der Waals surface area contributed by atoms with Gasteiger partial charge in [0.25, 0.3) is 0 Å². The molecule has 0 amide bonds. The normalized spacial score (nSPS) is 24.6. The highest BCUT2D eigenvalue weighted by atomic mass is 16.5. The van der Waals surface area contributed by atoms with E-state index in [1.54, 1.807) is 72.8 Å². The Morgan fingerprint density at radius 3 is 0.590 bits per heavy atom. The molecule has 0 unspecified atom stereocenters. The van der Waals surface area contributed by atoms with Crippen molar-refractivity contribution in [3.05, 3.63) is 188 Å². The van der Waals surface area contributed by atoms with Crippen molar-refractivity contribution in [3.8, 4) is 92.0 Å². The van der Waals surface area contributed by atoms with E-state index in [-0.39, 0.29) is 92.7 Å². The second kappa shape index (κ2) is 29.4. The van der Waals surface area contributed by atoms with Gasteiger partial charge in [-0.2, -0.15) is 0 Å². The molecule has 13 rings (SSSR count). The Morgan fingerprint density at radius 2 is 0.410 bits per heavy atom. The number of aromatic hydroxyl groups is 12. The predicted octanol–water partition coefficient (Wildman–Crippen LogP) is 18.6. The Labute approximate surface area is 585 Å². The number of fused-ring (bicyclic) bond motifs is 8. The summed E-state index contributed by atoms with van der Waals surface area (Å²) in [6, 6.07) is 31.0. The number of phenolic OH excluding ortho intramolecular Hbond substituents is 12. The number of ether oxygens (including phenoxy) is 4. The molecule has 0 atom stereocenters.